The van der Waals surface area contributed by atoms with E-state index >= 15 is 0 Å². The molecule has 2 aliphatic rings. The Morgan fingerprint density at radius 3 is 2.53 bits per heavy atom. The van der Waals surface area contributed by atoms with Gasteiger partial charge in [-0.15, -0.1) is 0 Å². The highest BCUT2D eigenvalue weighted by Crippen LogP contribution is 2.38. The Balaban J connectivity index is 1.30. The van der Waals surface area contributed by atoms with Crippen LogP contribution in [0.1, 0.15) is 46.9 Å². The molecule has 8 heteroatoms. The van der Waals surface area contributed by atoms with Crippen LogP contribution in [0.4, 0.5) is 0 Å². The lowest BCUT2D eigenvalue weighted by molar-refractivity contribution is -0.127. The van der Waals surface area contributed by atoms with E-state index in [0.717, 1.165) is 61.3 Å². The molecule has 1 saturated heterocycles. The Morgan fingerprint density at radius 2 is 1.79 bits per heavy atom. The van der Waals surface area contributed by atoms with Crippen LogP contribution in [0.2, 0.25) is 0 Å². The van der Waals surface area contributed by atoms with Gasteiger partial charge in [-0.25, -0.2) is 9.50 Å². The average molecular weight is 507 g/mol. The van der Waals surface area contributed by atoms with Crippen LogP contribution in [-0.4, -0.2) is 50.4 Å². The highest BCUT2D eigenvalue weighted by atomic mass is 16.2. The minimum Gasteiger partial charge on any atom is -0.364 e. The lowest BCUT2D eigenvalue weighted by Crippen LogP contribution is -2.45. The lowest BCUT2D eigenvalue weighted by Gasteiger charge is -2.33. The lowest BCUT2D eigenvalue weighted by atomic mass is 9.99. The number of carbonyl (C=O) groups is 2. The number of rotatable bonds is 6. The topological polar surface area (TPSA) is 106 Å². The van der Waals surface area contributed by atoms with E-state index in [2.05, 4.69) is 35.2 Å². The van der Waals surface area contributed by atoms with E-state index in [1.165, 1.54) is 17.2 Å². The highest BCUT2D eigenvalue weighted by Gasteiger charge is 2.28. The molecule has 4 aromatic rings. The van der Waals surface area contributed by atoms with Crippen molar-refractivity contribution >= 4 is 17.5 Å². The van der Waals surface area contributed by atoms with Crippen molar-refractivity contribution in [2.24, 2.45) is 5.73 Å². The van der Waals surface area contributed by atoms with Gasteiger partial charge in [0.15, 0.2) is 5.65 Å². The van der Waals surface area contributed by atoms with E-state index in [9.17, 15) is 9.59 Å². The molecule has 0 bridgehead atoms. The largest absolute Gasteiger partial charge is 0.364 e. The normalized spacial score (nSPS) is 17.5. The number of nitrogens with zero attached hydrogens (tertiary/aromatic N) is 4. The Labute approximate surface area is 221 Å². The zero-order valence-electron chi connectivity index (χ0n) is 21.1. The average Bonchev–Trinajstić information content (AvgIpc) is 3.54. The van der Waals surface area contributed by atoms with E-state index in [0.29, 0.717) is 17.7 Å². The Kier molecular flexibility index (Phi) is 6.25. The van der Waals surface area contributed by atoms with E-state index < -0.39 is 5.91 Å². The third-order valence-corrected chi connectivity index (χ3v) is 7.69. The molecule has 1 fully saturated rings. The highest BCUT2D eigenvalue weighted by molar-refractivity contribution is 5.91. The van der Waals surface area contributed by atoms with Gasteiger partial charge in [0.05, 0.1) is 5.69 Å². The first kappa shape index (κ1) is 24.1. The number of fused-ring (bicyclic) bond motifs is 2. The van der Waals surface area contributed by atoms with Crippen LogP contribution < -0.4 is 11.1 Å². The number of nitrogens with two attached hydrogens (primary N) is 1. The molecule has 2 amide bonds. The van der Waals surface area contributed by atoms with Gasteiger partial charge in [0.1, 0.15) is 11.4 Å². The number of hydrogen-bond acceptors (Lipinski definition) is 5. The molecule has 0 spiro atoms. The van der Waals surface area contributed by atoms with Gasteiger partial charge in [0.2, 0.25) is 5.91 Å². The summed E-state index contributed by atoms with van der Waals surface area (Å²) in [6, 6.07) is 20.7. The molecule has 1 atom stereocenters. The molecule has 3 heterocycles. The minimum absolute atomic E-state index is 0.0186. The van der Waals surface area contributed by atoms with Crippen molar-refractivity contribution in [1.29, 1.82) is 0 Å². The van der Waals surface area contributed by atoms with E-state index in [4.69, 9.17) is 10.7 Å². The maximum absolute atomic E-state index is 11.9. The van der Waals surface area contributed by atoms with Gasteiger partial charge in [0.25, 0.3) is 5.91 Å². The number of nitrogens with one attached hydrogen (secondary N) is 1. The standard InChI is InChI=1S/C30H30N6O2/c1-2-27(37)35-16-14-22(15-17-35)32-24-11-9-20-18-21(8-10-23(20)24)28-29(19-6-4-3-5-7-19)36-26(33-28)13-12-25(34-36)30(31)38/h2-8,10,12-13,18,22,24,32H,1,9,11,14-17H2,(H2,31,38)/t24-/m0/s1. The van der Waals surface area contributed by atoms with Crippen LogP contribution in [-0.2, 0) is 11.2 Å². The molecule has 8 nitrogen and oxygen atoms in total. The number of aromatic nitrogens is 3. The van der Waals surface area contributed by atoms with E-state index in [1.807, 2.05) is 35.2 Å². The van der Waals surface area contributed by atoms with Gasteiger partial charge in [0, 0.05) is 36.3 Å². The van der Waals surface area contributed by atoms with Crippen molar-refractivity contribution in [3.8, 4) is 22.5 Å². The quantitative estimate of drug-likeness (QED) is 0.386. The molecule has 192 valence electrons. The fraction of sp³-hybridized carbons (Fsp3) is 0.267. The number of aryl methyl sites for hydroxylation is 1. The molecular weight excluding hydrogens is 476 g/mol. The minimum atomic E-state index is -0.574. The third-order valence-electron chi connectivity index (χ3n) is 7.69. The molecular formula is C30H30N6O2. The molecule has 38 heavy (non-hydrogen) atoms. The second-order valence-corrected chi connectivity index (χ2v) is 10.0. The van der Waals surface area contributed by atoms with Crippen molar-refractivity contribution < 1.29 is 9.59 Å². The van der Waals surface area contributed by atoms with Crippen LogP contribution in [0.3, 0.4) is 0 Å². The van der Waals surface area contributed by atoms with Gasteiger partial charge in [-0.3, -0.25) is 9.59 Å². The summed E-state index contributed by atoms with van der Waals surface area (Å²) < 4.78 is 1.71. The Morgan fingerprint density at radius 1 is 1.00 bits per heavy atom. The molecule has 0 radical (unpaired) electrons. The summed E-state index contributed by atoms with van der Waals surface area (Å²) in [7, 11) is 0. The van der Waals surface area contributed by atoms with Crippen LogP contribution in [0.15, 0.2) is 73.3 Å². The van der Waals surface area contributed by atoms with E-state index in [-0.39, 0.29) is 11.6 Å². The zero-order valence-corrected chi connectivity index (χ0v) is 21.1. The summed E-state index contributed by atoms with van der Waals surface area (Å²) in [5.41, 5.74) is 12.7. The number of piperidine rings is 1. The van der Waals surface area contributed by atoms with E-state index in [1.54, 1.807) is 16.6 Å². The van der Waals surface area contributed by atoms with Crippen LogP contribution in [0.5, 0.6) is 0 Å². The summed E-state index contributed by atoms with van der Waals surface area (Å²) in [5, 5.41) is 8.36. The fourth-order valence-electron chi connectivity index (χ4n) is 5.74. The predicted octanol–water partition coefficient (Wildman–Crippen LogP) is 3.92. The maximum atomic E-state index is 11.9. The summed E-state index contributed by atoms with van der Waals surface area (Å²) in [6.45, 7) is 5.14. The SMILES string of the molecule is C=CC(=O)N1CCC(N[C@H]2CCc3cc(-c4nc5ccc(C(N)=O)nn5c4-c4ccccc4)ccc32)CC1. The Hall–Kier alpha value is -4.30. The van der Waals surface area contributed by atoms with Crippen molar-refractivity contribution in [1.82, 2.24) is 24.8 Å². The smallest absolute Gasteiger partial charge is 0.269 e. The fourth-order valence-corrected chi connectivity index (χ4v) is 5.74. The number of likely N-dealkylation sites (tertiary alicyclic amines) is 1. The monoisotopic (exact) mass is 506 g/mol. The number of primary amides is 1. The number of carbonyl (C=O) groups excluding carboxylic acids is 2. The van der Waals surface area contributed by atoms with Crippen molar-refractivity contribution in [3.05, 3.63) is 90.1 Å². The van der Waals surface area contributed by atoms with Crippen molar-refractivity contribution in [2.45, 2.75) is 37.8 Å². The summed E-state index contributed by atoms with van der Waals surface area (Å²) in [5.74, 6) is -0.555. The van der Waals surface area contributed by atoms with Crippen molar-refractivity contribution in [2.75, 3.05) is 13.1 Å². The second kappa shape index (κ2) is 9.87. The first-order valence-electron chi connectivity index (χ1n) is 13.1. The molecule has 3 N–H and O–H groups in total. The number of benzene rings is 2. The molecule has 6 rings (SSSR count). The Bertz CT molecular complexity index is 1540. The number of amides is 2. The van der Waals surface area contributed by atoms with Gasteiger partial charge in [-0.05, 0) is 61.1 Å². The van der Waals surface area contributed by atoms with Crippen LogP contribution in [0, 0.1) is 0 Å². The molecule has 0 saturated carbocycles. The van der Waals surface area contributed by atoms with Gasteiger partial charge < -0.3 is 16.0 Å². The summed E-state index contributed by atoms with van der Waals surface area (Å²) >= 11 is 0. The first-order chi connectivity index (χ1) is 18.5. The molecule has 1 aliphatic carbocycles. The third kappa shape index (κ3) is 4.37. The first-order valence-corrected chi connectivity index (χ1v) is 13.1. The molecule has 1 aliphatic heterocycles. The van der Waals surface area contributed by atoms with Gasteiger partial charge in [-0.2, -0.15) is 5.10 Å². The molecule has 2 aromatic heterocycles. The van der Waals surface area contributed by atoms with Crippen LogP contribution in [0.25, 0.3) is 28.2 Å². The van der Waals surface area contributed by atoms with Gasteiger partial charge >= 0.3 is 0 Å². The van der Waals surface area contributed by atoms with Crippen LogP contribution >= 0.6 is 0 Å². The maximum Gasteiger partial charge on any atom is 0.269 e. The number of hydrogen-bond donors (Lipinski definition) is 2. The predicted molar refractivity (Wildman–Crippen MR) is 146 cm³/mol. The zero-order chi connectivity index (χ0) is 26.2. The second-order valence-electron chi connectivity index (χ2n) is 10.0. The number of imidazole rings is 1. The molecule has 0 unspecified atom stereocenters. The summed E-state index contributed by atoms with van der Waals surface area (Å²) in [4.78, 5) is 30.5. The molecule has 2 aromatic carbocycles. The summed E-state index contributed by atoms with van der Waals surface area (Å²) in [6.07, 6.45) is 5.34. The van der Waals surface area contributed by atoms with Gasteiger partial charge in [-0.1, -0.05) is 49.0 Å². The van der Waals surface area contributed by atoms with Crippen molar-refractivity contribution in [3.63, 3.8) is 0 Å².